The lowest BCUT2D eigenvalue weighted by Gasteiger charge is -2.13. The average molecular weight is 451 g/mol. The summed E-state index contributed by atoms with van der Waals surface area (Å²) < 4.78 is 60.7. The Morgan fingerprint density at radius 1 is 1.08 bits per heavy atom. The van der Waals surface area contributed by atoms with E-state index in [9.17, 15) is 17.6 Å². The third-order valence-corrected chi connectivity index (χ3v) is 3.78. The van der Waals surface area contributed by atoms with E-state index < -0.39 is 17.0 Å². The number of aromatic nitrogens is 1. The van der Waals surface area contributed by atoms with E-state index >= 15 is 0 Å². The van der Waals surface area contributed by atoms with E-state index in [2.05, 4.69) is 4.98 Å². The fraction of sp³-hybridized carbons (Fsp3) is 0.133. The first kappa shape index (κ1) is 20.9. The second-order valence-electron chi connectivity index (χ2n) is 4.63. The summed E-state index contributed by atoms with van der Waals surface area (Å²) in [5, 5.41) is -1.37. The highest BCUT2D eigenvalue weighted by molar-refractivity contribution is 6.37. The van der Waals surface area contributed by atoms with Crippen LogP contribution in [0, 0.1) is 0 Å². The predicted octanol–water partition coefficient (Wildman–Crippen LogP) is 7.28. The van der Waals surface area contributed by atoms with Crippen LogP contribution in [0.25, 0.3) is 0 Å². The van der Waals surface area contributed by atoms with E-state index in [1.54, 1.807) is 0 Å². The van der Waals surface area contributed by atoms with Crippen LogP contribution in [0.5, 0.6) is 17.4 Å². The standard InChI is InChI=1S/C15H7Cl4F4NO2/c16-9-4-8(25-2-1-12(19)20)5-10(17)13(9)26-14-11(18)3-7(6-24-14)15(21,22)23/h1,3-6H,2H2/b12-1+. The Labute approximate surface area is 165 Å². The molecule has 0 saturated heterocycles. The number of halogens is 8. The highest BCUT2D eigenvalue weighted by Gasteiger charge is 2.32. The Hall–Kier alpha value is -1.41. The number of nitrogens with zero attached hydrogens (tertiary/aromatic N) is 1. The molecule has 0 fully saturated rings. The second kappa shape index (κ2) is 8.52. The van der Waals surface area contributed by atoms with Gasteiger partial charge in [0.05, 0.1) is 15.6 Å². The smallest absolute Gasteiger partial charge is 0.417 e. The molecular formula is C15H7Cl4F4NO2. The minimum absolute atomic E-state index is 0.0272. The molecule has 0 unspecified atom stereocenters. The van der Waals surface area contributed by atoms with Crippen molar-refractivity contribution in [2.75, 3.05) is 6.61 Å². The molecule has 1 aromatic heterocycles. The van der Waals surface area contributed by atoms with E-state index in [1.165, 1.54) is 12.1 Å². The molecule has 2 aromatic rings. The maximum absolute atomic E-state index is 12.6. The SMILES string of the molecule is F/C(Cl)=C/COc1cc(Cl)c(Oc2ncc(C(F)(F)F)cc2Cl)c(Cl)c1. The molecule has 0 amide bonds. The summed E-state index contributed by atoms with van der Waals surface area (Å²) in [7, 11) is 0. The number of hydrogen-bond acceptors (Lipinski definition) is 3. The molecule has 1 aromatic carbocycles. The van der Waals surface area contributed by atoms with Gasteiger partial charge in [-0.1, -0.05) is 46.4 Å². The Morgan fingerprint density at radius 3 is 2.19 bits per heavy atom. The van der Waals surface area contributed by atoms with Crippen molar-refractivity contribution in [3.05, 3.63) is 56.4 Å². The van der Waals surface area contributed by atoms with E-state index in [4.69, 9.17) is 55.9 Å². The number of ether oxygens (including phenoxy) is 2. The molecule has 0 aliphatic heterocycles. The van der Waals surface area contributed by atoms with E-state index in [-0.39, 0.29) is 39.1 Å². The van der Waals surface area contributed by atoms with Gasteiger partial charge in [0, 0.05) is 24.4 Å². The highest BCUT2D eigenvalue weighted by Crippen LogP contribution is 2.41. The molecule has 0 saturated carbocycles. The molecule has 11 heteroatoms. The quantitative estimate of drug-likeness (QED) is 0.448. The van der Waals surface area contributed by atoms with Crippen molar-refractivity contribution < 1.29 is 27.0 Å². The van der Waals surface area contributed by atoms with E-state index in [0.717, 1.165) is 6.08 Å². The fourth-order valence-electron chi connectivity index (χ4n) is 1.67. The van der Waals surface area contributed by atoms with Crippen LogP contribution in [0.1, 0.15) is 5.56 Å². The van der Waals surface area contributed by atoms with Crippen molar-refractivity contribution in [2.24, 2.45) is 0 Å². The molecule has 0 aliphatic rings. The van der Waals surface area contributed by atoms with Crippen LogP contribution in [0.3, 0.4) is 0 Å². The number of alkyl halides is 3. The lowest BCUT2D eigenvalue weighted by atomic mass is 10.3. The third kappa shape index (κ3) is 5.54. The van der Waals surface area contributed by atoms with Crippen molar-refractivity contribution in [3.63, 3.8) is 0 Å². The molecule has 0 spiro atoms. The summed E-state index contributed by atoms with van der Waals surface area (Å²) in [4.78, 5) is 3.53. The molecule has 0 bridgehead atoms. The van der Waals surface area contributed by atoms with Crippen molar-refractivity contribution in [3.8, 4) is 17.4 Å². The lowest BCUT2D eigenvalue weighted by Crippen LogP contribution is -2.06. The van der Waals surface area contributed by atoms with Gasteiger partial charge in [0.15, 0.2) is 11.0 Å². The van der Waals surface area contributed by atoms with Gasteiger partial charge in [-0.3, -0.25) is 0 Å². The molecule has 2 rings (SSSR count). The Morgan fingerprint density at radius 2 is 1.69 bits per heavy atom. The average Bonchev–Trinajstić information content (AvgIpc) is 2.50. The monoisotopic (exact) mass is 449 g/mol. The molecule has 0 aliphatic carbocycles. The van der Waals surface area contributed by atoms with Crippen molar-refractivity contribution in [2.45, 2.75) is 6.18 Å². The number of benzene rings is 1. The zero-order valence-corrected chi connectivity index (χ0v) is 15.4. The van der Waals surface area contributed by atoms with Gasteiger partial charge in [-0.15, -0.1) is 0 Å². The number of hydrogen-bond donors (Lipinski definition) is 0. The summed E-state index contributed by atoms with van der Waals surface area (Å²) in [6.45, 7) is -0.172. The topological polar surface area (TPSA) is 31.4 Å². The van der Waals surface area contributed by atoms with E-state index in [1.807, 2.05) is 0 Å². The number of pyridine rings is 1. The molecule has 3 nitrogen and oxygen atoms in total. The molecular weight excluding hydrogens is 444 g/mol. The van der Waals surface area contributed by atoms with Gasteiger partial charge < -0.3 is 9.47 Å². The van der Waals surface area contributed by atoms with Crippen molar-refractivity contribution in [1.29, 1.82) is 0 Å². The van der Waals surface area contributed by atoms with E-state index in [0.29, 0.717) is 12.3 Å². The summed E-state index contributed by atoms with van der Waals surface area (Å²) >= 11 is 22.8. The Kier molecular flexibility index (Phi) is 6.85. The third-order valence-electron chi connectivity index (χ3n) is 2.79. The summed E-state index contributed by atoms with van der Waals surface area (Å²) in [5.41, 5.74) is -1.03. The zero-order chi connectivity index (χ0) is 19.5. The molecule has 1 heterocycles. The van der Waals surface area contributed by atoms with Gasteiger partial charge in [-0.25, -0.2) is 4.98 Å². The summed E-state index contributed by atoms with van der Waals surface area (Å²) in [6.07, 6.45) is -3.06. The van der Waals surface area contributed by atoms with Crippen molar-refractivity contribution >= 4 is 46.4 Å². The van der Waals surface area contributed by atoms with Crippen LogP contribution in [0.2, 0.25) is 15.1 Å². The highest BCUT2D eigenvalue weighted by atomic mass is 35.5. The number of rotatable bonds is 5. The second-order valence-corrected chi connectivity index (χ2v) is 6.21. The van der Waals surface area contributed by atoms with Gasteiger partial charge in [-0.2, -0.15) is 17.6 Å². The minimum Gasteiger partial charge on any atom is -0.489 e. The summed E-state index contributed by atoms with van der Waals surface area (Å²) in [6, 6.07) is 3.28. The largest absolute Gasteiger partial charge is 0.489 e. The maximum Gasteiger partial charge on any atom is 0.417 e. The predicted molar refractivity (Wildman–Crippen MR) is 91.3 cm³/mol. The van der Waals surface area contributed by atoms with Crippen LogP contribution < -0.4 is 9.47 Å². The van der Waals surface area contributed by atoms with Gasteiger partial charge in [0.2, 0.25) is 5.88 Å². The summed E-state index contributed by atoms with van der Waals surface area (Å²) in [5.74, 6) is -0.217. The molecule has 0 N–H and O–H groups in total. The minimum atomic E-state index is -4.60. The Balaban J connectivity index is 2.23. The van der Waals surface area contributed by atoms with Gasteiger partial charge in [0.1, 0.15) is 17.4 Å². The van der Waals surface area contributed by atoms with Crippen LogP contribution in [0.4, 0.5) is 17.6 Å². The van der Waals surface area contributed by atoms with Crippen LogP contribution in [0.15, 0.2) is 35.8 Å². The molecule has 0 atom stereocenters. The van der Waals surface area contributed by atoms with Crippen LogP contribution >= 0.6 is 46.4 Å². The molecule has 140 valence electrons. The van der Waals surface area contributed by atoms with Gasteiger partial charge in [-0.05, 0) is 6.07 Å². The van der Waals surface area contributed by atoms with Gasteiger partial charge >= 0.3 is 6.18 Å². The fourth-order valence-corrected chi connectivity index (χ4v) is 2.48. The first-order valence-electron chi connectivity index (χ1n) is 6.61. The van der Waals surface area contributed by atoms with Crippen LogP contribution in [-0.2, 0) is 6.18 Å². The normalized spacial score (nSPS) is 12.2. The molecule has 0 radical (unpaired) electrons. The maximum atomic E-state index is 12.6. The van der Waals surface area contributed by atoms with Crippen molar-refractivity contribution in [1.82, 2.24) is 4.98 Å². The zero-order valence-electron chi connectivity index (χ0n) is 12.4. The lowest BCUT2D eigenvalue weighted by molar-refractivity contribution is -0.137. The first-order chi connectivity index (χ1) is 12.1. The Bertz CT molecular complexity index is 816. The van der Waals surface area contributed by atoms with Crippen LogP contribution in [-0.4, -0.2) is 11.6 Å². The molecule has 26 heavy (non-hydrogen) atoms. The van der Waals surface area contributed by atoms with Gasteiger partial charge in [0.25, 0.3) is 0 Å². The first-order valence-corrected chi connectivity index (χ1v) is 8.12.